The lowest BCUT2D eigenvalue weighted by atomic mass is 9.97. The van der Waals surface area contributed by atoms with Crippen LogP contribution in [0.1, 0.15) is 20.8 Å². The minimum atomic E-state index is -0.381. The molecule has 0 heterocycles. The fourth-order valence-electron chi connectivity index (χ4n) is 0.462. The molecule has 0 rings (SSSR count). The van der Waals surface area contributed by atoms with Crippen LogP contribution in [0.2, 0.25) is 0 Å². The van der Waals surface area contributed by atoms with E-state index in [1.54, 1.807) is 0 Å². The van der Waals surface area contributed by atoms with Gasteiger partial charge in [-0.2, -0.15) is 0 Å². The Hall–Kier alpha value is -0.280. The van der Waals surface area contributed by atoms with Crippen LogP contribution in [0.3, 0.4) is 0 Å². The quantitative estimate of drug-likeness (QED) is 0.544. The number of carbonyl (C=O) groups excluding carboxylic acids is 1. The topological polar surface area (TPSA) is 38.3 Å². The van der Waals surface area contributed by atoms with Gasteiger partial charge in [0.25, 0.3) is 0 Å². The fourth-order valence-corrected chi connectivity index (χ4v) is 0.462. The van der Waals surface area contributed by atoms with E-state index < -0.39 is 0 Å². The predicted molar refractivity (Wildman–Crippen MR) is 51.6 cm³/mol. The number of halogens is 1. The van der Waals surface area contributed by atoms with E-state index in [1.807, 2.05) is 27.8 Å². The molecule has 0 aromatic heterocycles. The molecule has 0 amide bonds. The van der Waals surface area contributed by atoms with Gasteiger partial charge in [-0.25, -0.2) is 0 Å². The summed E-state index contributed by atoms with van der Waals surface area (Å²) in [5.41, 5.74) is -0.381. The van der Waals surface area contributed by atoms with Crippen LogP contribution < -0.4 is 5.32 Å². The molecule has 12 heavy (non-hydrogen) atoms. The van der Waals surface area contributed by atoms with Crippen LogP contribution in [0, 0.1) is 5.41 Å². The van der Waals surface area contributed by atoms with E-state index in [1.165, 1.54) is 0 Å². The predicted octanol–water partition coefficient (Wildman–Crippen LogP) is 1.22. The summed E-state index contributed by atoms with van der Waals surface area (Å²) in [6.07, 6.45) is 0. The van der Waals surface area contributed by atoms with Crippen LogP contribution in [0.4, 0.5) is 0 Å². The van der Waals surface area contributed by atoms with E-state index in [2.05, 4.69) is 5.32 Å². The molecule has 4 heteroatoms. The molecule has 0 aliphatic carbocycles. The molecule has 0 fully saturated rings. The lowest BCUT2D eigenvalue weighted by Crippen LogP contribution is -2.26. The number of ether oxygens (including phenoxy) is 1. The van der Waals surface area contributed by atoms with Crippen molar-refractivity contribution in [3.63, 3.8) is 0 Å². The number of rotatable bonds is 3. The number of likely N-dealkylation sites (N-methyl/N-ethyl adjacent to an activating group) is 1. The average Bonchev–Trinajstić information content (AvgIpc) is 1.86. The van der Waals surface area contributed by atoms with Gasteiger partial charge in [-0.3, -0.25) is 4.79 Å². The van der Waals surface area contributed by atoms with Gasteiger partial charge < -0.3 is 10.1 Å². The zero-order chi connectivity index (χ0) is 8.91. The highest BCUT2D eigenvalue weighted by molar-refractivity contribution is 5.85. The van der Waals surface area contributed by atoms with Gasteiger partial charge >= 0.3 is 5.97 Å². The molecule has 0 aromatic carbocycles. The van der Waals surface area contributed by atoms with Crippen molar-refractivity contribution in [2.45, 2.75) is 20.8 Å². The van der Waals surface area contributed by atoms with Crippen LogP contribution in [-0.4, -0.2) is 26.2 Å². The molecule has 0 aliphatic rings. The Morgan fingerprint density at radius 2 is 1.92 bits per heavy atom. The summed E-state index contributed by atoms with van der Waals surface area (Å²) in [5, 5.41) is 2.90. The van der Waals surface area contributed by atoms with E-state index >= 15 is 0 Å². The van der Waals surface area contributed by atoms with Crippen molar-refractivity contribution in [1.82, 2.24) is 5.32 Å². The molecule has 74 valence electrons. The molecular formula is C8H18ClNO2. The molecule has 0 aliphatic heterocycles. The summed E-state index contributed by atoms with van der Waals surface area (Å²) in [7, 11) is 1.82. The van der Waals surface area contributed by atoms with Gasteiger partial charge in [0.05, 0.1) is 5.41 Å². The zero-order valence-electron chi connectivity index (χ0n) is 8.14. The largest absolute Gasteiger partial charge is 0.464 e. The maximum Gasteiger partial charge on any atom is 0.311 e. The minimum Gasteiger partial charge on any atom is -0.464 e. The summed E-state index contributed by atoms with van der Waals surface area (Å²) in [6, 6.07) is 0. The molecular weight excluding hydrogens is 178 g/mol. The van der Waals surface area contributed by atoms with Crippen LogP contribution in [0.15, 0.2) is 0 Å². The number of hydrogen-bond donors (Lipinski definition) is 1. The van der Waals surface area contributed by atoms with Crippen molar-refractivity contribution in [1.29, 1.82) is 0 Å². The van der Waals surface area contributed by atoms with Gasteiger partial charge in [-0.05, 0) is 27.8 Å². The smallest absolute Gasteiger partial charge is 0.311 e. The summed E-state index contributed by atoms with van der Waals surface area (Å²) < 4.78 is 4.95. The summed E-state index contributed by atoms with van der Waals surface area (Å²) in [5.74, 6) is -0.146. The van der Waals surface area contributed by atoms with E-state index in [-0.39, 0.29) is 23.8 Å². The first-order valence-electron chi connectivity index (χ1n) is 3.80. The number of esters is 1. The number of nitrogens with one attached hydrogen (secondary N) is 1. The first kappa shape index (κ1) is 14.3. The van der Waals surface area contributed by atoms with Gasteiger partial charge in [0.15, 0.2) is 0 Å². The average molecular weight is 196 g/mol. The lowest BCUT2D eigenvalue weighted by Gasteiger charge is -2.16. The molecule has 3 nitrogen and oxygen atoms in total. The Morgan fingerprint density at radius 1 is 1.42 bits per heavy atom. The molecule has 0 saturated carbocycles. The maximum absolute atomic E-state index is 11.1. The minimum absolute atomic E-state index is 0. The highest BCUT2D eigenvalue weighted by Crippen LogP contribution is 2.14. The first-order chi connectivity index (χ1) is 4.98. The number of hydrogen-bond acceptors (Lipinski definition) is 3. The summed E-state index contributed by atoms with van der Waals surface area (Å²) >= 11 is 0. The van der Waals surface area contributed by atoms with E-state index in [4.69, 9.17) is 4.74 Å². The second-order valence-corrected chi connectivity index (χ2v) is 3.49. The van der Waals surface area contributed by atoms with Crippen molar-refractivity contribution in [2.24, 2.45) is 5.41 Å². The van der Waals surface area contributed by atoms with Crippen LogP contribution >= 0.6 is 12.4 Å². The van der Waals surface area contributed by atoms with E-state index in [9.17, 15) is 4.79 Å². The van der Waals surface area contributed by atoms with Gasteiger partial charge in [0.1, 0.15) is 6.61 Å². The molecule has 0 atom stereocenters. The Bertz CT molecular complexity index is 132. The molecule has 0 unspecified atom stereocenters. The van der Waals surface area contributed by atoms with Crippen molar-refractivity contribution < 1.29 is 9.53 Å². The maximum atomic E-state index is 11.1. The van der Waals surface area contributed by atoms with Crippen molar-refractivity contribution >= 4 is 18.4 Å². The molecule has 0 saturated heterocycles. The highest BCUT2D eigenvalue weighted by atomic mass is 35.5. The second-order valence-electron chi connectivity index (χ2n) is 3.49. The summed E-state index contributed by atoms with van der Waals surface area (Å²) in [4.78, 5) is 11.1. The number of carbonyl (C=O) groups is 1. The zero-order valence-corrected chi connectivity index (χ0v) is 8.96. The normalized spacial score (nSPS) is 10.3. The SMILES string of the molecule is CNCCOC(=O)C(C)(C)C.Cl. The van der Waals surface area contributed by atoms with Crippen LogP contribution in [0.25, 0.3) is 0 Å². The highest BCUT2D eigenvalue weighted by Gasteiger charge is 2.22. The van der Waals surface area contributed by atoms with Crippen LogP contribution in [0.5, 0.6) is 0 Å². The van der Waals surface area contributed by atoms with E-state index in [0.717, 1.165) is 0 Å². The van der Waals surface area contributed by atoms with Crippen molar-refractivity contribution in [3.05, 3.63) is 0 Å². The molecule has 0 radical (unpaired) electrons. The Balaban J connectivity index is 0. The van der Waals surface area contributed by atoms with Crippen molar-refractivity contribution in [3.8, 4) is 0 Å². The van der Waals surface area contributed by atoms with Crippen molar-refractivity contribution in [2.75, 3.05) is 20.2 Å². The Kier molecular flexibility index (Phi) is 7.44. The standard InChI is InChI=1S/C8H17NO2.ClH/c1-8(2,3)7(10)11-6-5-9-4;/h9H,5-6H2,1-4H3;1H. The first-order valence-corrected chi connectivity index (χ1v) is 3.80. The molecule has 0 aromatic rings. The van der Waals surface area contributed by atoms with E-state index in [0.29, 0.717) is 13.2 Å². The van der Waals surface area contributed by atoms with Gasteiger partial charge in [-0.1, -0.05) is 0 Å². The molecule has 0 spiro atoms. The van der Waals surface area contributed by atoms with Gasteiger partial charge in [-0.15, -0.1) is 12.4 Å². The third-order valence-corrected chi connectivity index (χ3v) is 1.20. The molecule has 0 bridgehead atoms. The third kappa shape index (κ3) is 6.43. The third-order valence-electron chi connectivity index (χ3n) is 1.20. The lowest BCUT2D eigenvalue weighted by molar-refractivity contribution is -0.152. The monoisotopic (exact) mass is 195 g/mol. The Labute approximate surface area is 80.3 Å². The Morgan fingerprint density at radius 3 is 2.25 bits per heavy atom. The van der Waals surface area contributed by atoms with Gasteiger partial charge in [0.2, 0.25) is 0 Å². The van der Waals surface area contributed by atoms with Gasteiger partial charge in [0, 0.05) is 6.54 Å². The summed E-state index contributed by atoms with van der Waals surface area (Å²) in [6.45, 7) is 6.69. The molecule has 1 N–H and O–H groups in total. The second kappa shape index (κ2) is 6.26. The fraction of sp³-hybridized carbons (Fsp3) is 0.875. The van der Waals surface area contributed by atoms with Crippen LogP contribution in [-0.2, 0) is 9.53 Å².